The van der Waals surface area contributed by atoms with Crippen molar-refractivity contribution in [3.8, 4) is 0 Å². The number of likely N-dealkylation sites (N-methyl/N-ethyl adjacent to an activating group) is 1. The second-order valence-electron chi connectivity index (χ2n) is 4.15. The Balaban J connectivity index is 1.87. The third-order valence-electron chi connectivity index (χ3n) is 2.65. The molecule has 1 atom stereocenters. The fraction of sp³-hybridized carbons (Fsp3) is 0.417. The molecule has 0 amide bonds. The minimum atomic E-state index is 0.331. The molecule has 0 spiro atoms. The maximum absolute atomic E-state index is 4.20. The first-order valence-corrected chi connectivity index (χ1v) is 7.73. The summed E-state index contributed by atoms with van der Waals surface area (Å²) in [5.74, 6) is 1.74. The van der Waals surface area contributed by atoms with Crippen LogP contribution >= 0.6 is 27.7 Å². The number of halogens is 1. The molecule has 19 heavy (non-hydrogen) atoms. The van der Waals surface area contributed by atoms with Gasteiger partial charge in [-0.3, -0.25) is 0 Å². The highest BCUT2D eigenvalue weighted by Crippen LogP contribution is 2.21. The number of hydrogen-bond donors (Lipinski definition) is 1. The number of nitrogens with zero attached hydrogens (tertiary/aromatic N) is 4. The zero-order chi connectivity index (χ0) is 13.7. The normalized spacial score (nSPS) is 12.6. The lowest BCUT2D eigenvalue weighted by atomic mass is 10.2. The molecule has 1 heterocycles. The highest BCUT2D eigenvalue weighted by molar-refractivity contribution is 9.10. The van der Waals surface area contributed by atoms with Crippen LogP contribution in [0.5, 0.6) is 0 Å². The van der Waals surface area contributed by atoms with Crippen LogP contribution in [-0.2, 0) is 13.5 Å². The SMILES string of the molecule is CNC(CSc1ccc(Br)cc1)Cc1nnn(C)n1. The Hall–Kier alpha value is -0.920. The molecule has 5 nitrogen and oxygen atoms in total. The molecule has 0 saturated carbocycles. The molecule has 102 valence electrons. The van der Waals surface area contributed by atoms with E-state index >= 15 is 0 Å². The van der Waals surface area contributed by atoms with Crippen molar-refractivity contribution < 1.29 is 0 Å². The summed E-state index contributed by atoms with van der Waals surface area (Å²) in [6.45, 7) is 0. The van der Waals surface area contributed by atoms with E-state index in [0.29, 0.717) is 6.04 Å². The van der Waals surface area contributed by atoms with Gasteiger partial charge in [-0.25, -0.2) is 0 Å². The fourth-order valence-electron chi connectivity index (χ4n) is 1.60. The molecular formula is C12H16BrN5S. The van der Waals surface area contributed by atoms with E-state index in [2.05, 4.69) is 60.9 Å². The molecular weight excluding hydrogens is 326 g/mol. The van der Waals surface area contributed by atoms with E-state index in [0.717, 1.165) is 22.5 Å². The van der Waals surface area contributed by atoms with Crippen LogP contribution in [0, 0.1) is 0 Å². The van der Waals surface area contributed by atoms with Gasteiger partial charge in [0, 0.05) is 27.6 Å². The molecule has 2 rings (SSSR count). The van der Waals surface area contributed by atoms with E-state index in [1.165, 1.54) is 9.69 Å². The molecule has 0 aliphatic rings. The van der Waals surface area contributed by atoms with Crippen LogP contribution in [0.1, 0.15) is 5.82 Å². The van der Waals surface area contributed by atoms with Gasteiger partial charge in [0.1, 0.15) is 0 Å². The summed E-state index contributed by atoms with van der Waals surface area (Å²) in [7, 11) is 3.74. The molecule has 0 aliphatic heterocycles. The summed E-state index contributed by atoms with van der Waals surface area (Å²) < 4.78 is 1.10. The third kappa shape index (κ3) is 4.59. The minimum Gasteiger partial charge on any atom is -0.316 e. The van der Waals surface area contributed by atoms with Crippen molar-refractivity contribution >= 4 is 27.7 Å². The van der Waals surface area contributed by atoms with Gasteiger partial charge in [0.2, 0.25) is 0 Å². The average Bonchev–Trinajstić information content (AvgIpc) is 2.82. The zero-order valence-corrected chi connectivity index (χ0v) is 13.3. The average molecular weight is 342 g/mol. The molecule has 0 aliphatic carbocycles. The van der Waals surface area contributed by atoms with Crippen LogP contribution in [0.15, 0.2) is 33.6 Å². The molecule has 1 aromatic heterocycles. The predicted molar refractivity (Wildman–Crippen MR) is 80.2 cm³/mol. The lowest BCUT2D eigenvalue weighted by molar-refractivity contribution is 0.591. The highest BCUT2D eigenvalue weighted by atomic mass is 79.9. The van der Waals surface area contributed by atoms with Gasteiger partial charge in [0.25, 0.3) is 0 Å². The Labute approximate surface area is 125 Å². The molecule has 1 N–H and O–H groups in total. The minimum absolute atomic E-state index is 0.331. The van der Waals surface area contributed by atoms with Crippen LogP contribution in [0.2, 0.25) is 0 Å². The molecule has 7 heteroatoms. The summed E-state index contributed by atoms with van der Waals surface area (Å²) >= 11 is 5.26. The summed E-state index contributed by atoms with van der Waals surface area (Å²) in [5.41, 5.74) is 0. The predicted octanol–water partition coefficient (Wildman–Crippen LogP) is 1.90. The number of rotatable bonds is 6. The van der Waals surface area contributed by atoms with E-state index in [1.54, 1.807) is 7.05 Å². The number of aryl methyl sites for hydroxylation is 1. The van der Waals surface area contributed by atoms with Gasteiger partial charge in [-0.2, -0.15) is 4.80 Å². The molecule has 2 aromatic rings. The quantitative estimate of drug-likeness (QED) is 0.813. The van der Waals surface area contributed by atoms with Crippen molar-refractivity contribution in [1.29, 1.82) is 0 Å². The highest BCUT2D eigenvalue weighted by Gasteiger charge is 2.11. The Kier molecular flexibility index (Phi) is 5.35. The van der Waals surface area contributed by atoms with Crippen LogP contribution in [0.4, 0.5) is 0 Å². The summed E-state index contributed by atoms with van der Waals surface area (Å²) in [6, 6.07) is 8.67. The topological polar surface area (TPSA) is 55.6 Å². The lowest BCUT2D eigenvalue weighted by Gasteiger charge is -2.13. The van der Waals surface area contributed by atoms with Gasteiger partial charge >= 0.3 is 0 Å². The van der Waals surface area contributed by atoms with Crippen molar-refractivity contribution in [2.24, 2.45) is 7.05 Å². The maximum atomic E-state index is 4.20. The van der Waals surface area contributed by atoms with Crippen LogP contribution < -0.4 is 5.32 Å². The van der Waals surface area contributed by atoms with Gasteiger partial charge < -0.3 is 5.32 Å². The third-order valence-corrected chi connectivity index (χ3v) is 4.35. The second-order valence-corrected chi connectivity index (χ2v) is 6.16. The van der Waals surface area contributed by atoms with E-state index < -0.39 is 0 Å². The number of tetrazole rings is 1. The van der Waals surface area contributed by atoms with Crippen molar-refractivity contribution in [2.75, 3.05) is 12.8 Å². The van der Waals surface area contributed by atoms with Gasteiger partial charge in [0.05, 0.1) is 7.05 Å². The molecule has 0 fully saturated rings. The van der Waals surface area contributed by atoms with Gasteiger partial charge in [-0.05, 0) is 36.5 Å². The van der Waals surface area contributed by atoms with Crippen LogP contribution in [0.25, 0.3) is 0 Å². The number of nitrogens with one attached hydrogen (secondary N) is 1. The number of benzene rings is 1. The monoisotopic (exact) mass is 341 g/mol. The van der Waals surface area contributed by atoms with E-state index in [1.807, 2.05) is 18.8 Å². The molecule has 0 radical (unpaired) electrons. The summed E-state index contributed by atoms with van der Waals surface area (Å²) in [6.07, 6.45) is 0.786. The Morgan fingerprint density at radius 1 is 1.37 bits per heavy atom. The smallest absolute Gasteiger partial charge is 0.176 e. The largest absolute Gasteiger partial charge is 0.316 e. The molecule has 0 bridgehead atoms. The molecule has 1 unspecified atom stereocenters. The standard InChI is InChI=1S/C12H16BrN5S/c1-14-10(7-12-15-17-18(2)16-12)8-19-11-5-3-9(13)4-6-11/h3-6,10,14H,7-8H2,1-2H3. The molecule has 0 saturated heterocycles. The lowest BCUT2D eigenvalue weighted by Crippen LogP contribution is -2.30. The van der Waals surface area contributed by atoms with Crippen molar-refractivity contribution in [2.45, 2.75) is 17.4 Å². The first-order chi connectivity index (χ1) is 9.17. The van der Waals surface area contributed by atoms with Crippen LogP contribution in [-0.4, -0.2) is 39.0 Å². The maximum Gasteiger partial charge on any atom is 0.176 e. The summed E-state index contributed by atoms with van der Waals surface area (Å²) in [5, 5.41) is 15.4. The van der Waals surface area contributed by atoms with Crippen molar-refractivity contribution in [3.63, 3.8) is 0 Å². The van der Waals surface area contributed by atoms with E-state index in [-0.39, 0.29) is 0 Å². The van der Waals surface area contributed by atoms with E-state index in [9.17, 15) is 0 Å². The first kappa shape index (κ1) is 14.5. The van der Waals surface area contributed by atoms with Crippen LogP contribution in [0.3, 0.4) is 0 Å². The zero-order valence-electron chi connectivity index (χ0n) is 10.9. The Morgan fingerprint density at radius 2 is 2.11 bits per heavy atom. The van der Waals surface area contributed by atoms with Gasteiger partial charge in [-0.15, -0.1) is 22.0 Å². The number of thioether (sulfide) groups is 1. The summed E-state index contributed by atoms with van der Waals surface area (Å²) in [4.78, 5) is 2.75. The number of aromatic nitrogens is 4. The van der Waals surface area contributed by atoms with Gasteiger partial charge in [-0.1, -0.05) is 15.9 Å². The Morgan fingerprint density at radius 3 is 2.68 bits per heavy atom. The van der Waals surface area contributed by atoms with Crippen molar-refractivity contribution in [3.05, 3.63) is 34.6 Å². The first-order valence-electron chi connectivity index (χ1n) is 5.96. The Bertz CT molecular complexity index is 513. The van der Waals surface area contributed by atoms with Crippen molar-refractivity contribution in [1.82, 2.24) is 25.5 Å². The number of hydrogen-bond acceptors (Lipinski definition) is 5. The second kappa shape index (κ2) is 7.02. The van der Waals surface area contributed by atoms with E-state index in [4.69, 9.17) is 0 Å². The fourth-order valence-corrected chi connectivity index (χ4v) is 2.87. The molecule has 1 aromatic carbocycles. The van der Waals surface area contributed by atoms with Gasteiger partial charge in [0.15, 0.2) is 5.82 Å².